The van der Waals surface area contributed by atoms with E-state index in [0.717, 1.165) is 40.8 Å². The van der Waals surface area contributed by atoms with E-state index < -0.39 is 0 Å². The van der Waals surface area contributed by atoms with Crippen molar-refractivity contribution in [3.63, 3.8) is 0 Å². The number of carbonyl (C=O) groups is 1. The van der Waals surface area contributed by atoms with E-state index in [4.69, 9.17) is 16.6 Å². The number of hydrogen-bond acceptors (Lipinski definition) is 4. The van der Waals surface area contributed by atoms with E-state index in [0.29, 0.717) is 17.4 Å². The Morgan fingerprint density at radius 1 is 1.18 bits per heavy atom. The van der Waals surface area contributed by atoms with E-state index >= 15 is 0 Å². The lowest BCUT2D eigenvalue weighted by atomic mass is 10.1. The Kier molecular flexibility index (Phi) is 6.09. The second kappa shape index (κ2) is 8.52. The highest BCUT2D eigenvalue weighted by Gasteiger charge is 2.14. The van der Waals surface area contributed by atoms with Gasteiger partial charge in [-0.2, -0.15) is 0 Å². The van der Waals surface area contributed by atoms with Crippen LogP contribution >= 0.6 is 12.2 Å². The molecule has 1 aromatic heterocycles. The summed E-state index contributed by atoms with van der Waals surface area (Å²) in [4.78, 5) is 16.5. The third kappa shape index (κ3) is 4.39. The number of nitrogens with zero attached hydrogens (tertiary/aromatic N) is 1. The number of nitrogens with one attached hydrogen (secondary N) is 2. The van der Waals surface area contributed by atoms with Crippen molar-refractivity contribution in [1.82, 2.24) is 10.3 Å². The second-order valence-corrected chi connectivity index (χ2v) is 7.42. The van der Waals surface area contributed by atoms with Crippen molar-refractivity contribution in [1.29, 1.82) is 0 Å². The predicted octanol–water partition coefficient (Wildman–Crippen LogP) is 5.42. The molecule has 2 N–H and O–H groups in total. The first-order chi connectivity index (χ1) is 13.4. The topological polar surface area (TPSA) is 67.2 Å². The monoisotopic (exact) mass is 395 g/mol. The molecule has 0 aliphatic rings. The van der Waals surface area contributed by atoms with Crippen molar-refractivity contribution in [2.75, 3.05) is 5.32 Å². The maximum Gasteiger partial charge on any atom is 0.227 e. The molecule has 0 spiro atoms. The van der Waals surface area contributed by atoms with Gasteiger partial charge in [-0.15, -0.1) is 0 Å². The SMILES string of the molecule is CCCCC(=O)NC(=S)Nc1cccc(-c2nc3cc(C)c(C)cc3o2)c1C. The number of amides is 1. The average molecular weight is 396 g/mol. The Hall–Kier alpha value is -2.73. The van der Waals surface area contributed by atoms with Gasteiger partial charge < -0.3 is 15.1 Å². The Labute approximate surface area is 170 Å². The second-order valence-electron chi connectivity index (χ2n) is 7.01. The van der Waals surface area contributed by atoms with Crippen LogP contribution in [-0.4, -0.2) is 16.0 Å². The smallest absolute Gasteiger partial charge is 0.227 e. The van der Waals surface area contributed by atoms with Gasteiger partial charge in [0.05, 0.1) is 0 Å². The van der Waals surface area contributed by atoms with E-state index in [1.54, 1.807) is 0 Å². The van der Waals surface area contributed by atoms with Gasteiger partial charge in [-0.25, -0.2) is 4.98 Å². The van der Waals surface area contributed by atoms with Gasteiger partial charge in [0.15, 0.2) is 10.7 Å². The molecule has 3 aromatic rings. The molecule has 5 nitrogen and oxygen atoms in total. The number of oxazole rings is 1. The van der Waals surface area contributed by atoms with Crippen LogP contribution in [0.15, 0.2) is 34.7 Å². The van der Waals surface area contributed by atoms with Gasteiger partial charge in [0.1, 0.15) is 5.52 Å². The van der Waals surface area contributed by atoms with Crippen LogP contribution < -0.4 is 10.6 Å². The standard InChI is InChI=1S/C22H25N3O2S/c1-5-6-10-20(26)25-22(28)24-17-9-7-8-16(15(17)4)21-23-18-11-13(2)14(3)12-19(18)27-21/h7-9,11-12H,5-6,10H2,1-4H3,(H2,24,25,26,28). The van der Waals surface area contributed by atoms with Crippen molar-refractivity contribution >= 4 is 40.0 Å². The third-order valence-corrected chi connectivity index (χ3v) is 5.03. The fourth-order valence-corrected chi connectivity index (χ4v) is 3.20. The molecule has 0 aliphatic heterocycles. The molecule has 1 heterocycles. The summed E-state index contributed by atoms with van der Waals surface area (Å²) in [5.41, 5.74) is 6.62. The van der Waals surface area contributed by atoms with Gasteiger partial charge in [0.2, 0.25) is 11.8 Å². The van der Waals surface area contributed by atoms with Crippen LogP contribution in [0, 0.1) is 20.8 Å². The van der Waals surface area contributed by atoms with Gasteiger partial charge in [-0.1, -0.05) is 19.4 Å². The minimum atomic E-state index is -0.0714. The first-order valence-corrected chi connectivity index (χ1v) is 9.88. The first kappa shape index (κ1) is 20.0. The Bertz CT molecular complexity index is 1000. The summed E-state index contributed by atoms with van der Waals surface area (Å²) in [6.07, 6.45) is 2.29. The predicted molar refractivity (Wildman–Crippen MR) is 118 cm³/mol. The van der Waals surface area contributed by atoms with Gasteiger partial charge in [-0.05, 0) is 80.4 Å². The molecule has 0 atom stereocenters. The van der Waals surface area contributed by atoms with Crippen LogP contribution in [0.25, 0.3) is 22.6 Å². The molecule has 6 heteroatoms. The molecule has 0 radical (unpaired) electrons. The molecule has 1 amide bonds. The molecule has 0 aliphatic carbocycles. The largest absolute Gasteiger partial charge is 0.436 e. The number of anilines is 1. The number of fused-ring (bicyclic) bond motifs is 1. The highest BCUT2D eigenvalue weighted by atomic mass is 32.1. The van der Waals surface area contributed by atoms with Crippen molar-refractivity contribution in [2.45, 2.75) is 47.0 Å². The van der Waals surface area contributed by atoms with Crippen LogP contribution in [0.4, 0.5) is 5.69 Å². The maximum atomic E-state index is 11.9. The lowest BCUT2D eigenvalue weighted by Crippen LogP contribution is -2.34. The van der Waals surface area contributed by atoms with Crippen molar-refractivity contribution < 1.29 is 9.21 Å². The fourth-order valence-electron chi connectivity index (χ4n) is 2.98. The summed E-state index contributed by atoms with van der Waals surface area (Å²) >= 11 is 5.28. The number of carbonyl (C=O) groups excluding carboxylic acids is 1. The molecule has 2 aromatic carbocycles. The quantitative estimate of drug-likeness (QED) is 0.564. The van der Waals surface area contributed by atoms with Crippen LogP contribution in [0.2, 0.25) is 0 Å². The summed E-state index contributed by atoms with van der Waals surface area (Å²) in [5.74, 6) is 0.497. The van der Waals surface area contributed by atoms with E-state index in [1.807, 2.05) is 44.2 Å². The molecule has 0 saturated carbocycles. The van der Waals surface area contributed by atoms with Gasteiger partial charge in [0, 0.05) is 17.7 Å². The number of thiocarbonyl (C=S) groups is 1. The maximum absolute atomic E-state index is 11.9. The van der Waals surface area contributed by atoms with E-state index in [-0.39, 0.29) is 5.91 Å². The van der Waals surface area contributed by atoms with Crippen molar-refractivity contribution in [3.8, 4) is 11.5 Å². The zero-order chi connectivity index (χ0) is 20.3. The lowest BCUT2D eigenvalue weighted by molar-refractivity contribution is -0.119. The molecule has 0 unspecified atom stereocenters. The highest BCUT2D eigenvalue weighted by molar-refractivity contribution is 7.80. The number of aromatic nitrogens is 1. The molecule has 146 valence electrons. The Morgan fingerprint density at radius 2 is 1.93 bits per heavy atom. The molecular weight excluding hydrogens is 370 g/mol. The number of aryl methyl sites for hydroxylation is 2. The minimum absolute atomic E-state index is 0.0714. The normalized spacial score (nSPS) is 10.9. The molecular formula is C22H25N3O2S. The summed E-state index contributed by atoms with van der Waals surface area (Å²) in [6.45, 7) is 8.15. The van der Waals surface area contributed by atoms with E-state index in [9.17, 15) is 4.79 Å². The molecule has 0 saturated heterocycles. The molecule has 0 bridgehead atoms. The highest BCUT2D eigenvalue weighted by Crippen LogP contribution is 2.31. The zero-order valence-corrected chi connectivity index (χ0v) is 17.5. The third-order valence-electron chi connectivity index (χ3n) is 4.83. The van der Waals surface area contributed by atoms with Crippen LogP contribution in [0.1, 0.15) is 42.9 Å². The summed E-state index contributed by atoms with van der Waals surface area (Å²) < 4.78 is 6.00. The van der Waals surface area contributed by atoms with Crippen molar-refractivity contribution in [3.05, 3.63) is 47.0 Å². The number of hydrogen-bond donors (Lipinski definition) is 2. The van der Waals surface area contributed by atoms with Crippen LogP contribution in [0.3, 0.4) is 0 Å². The summed E-state index contributed by atoms with van der Waals surface area (Å²) in [6, 6.07) is 9.85. The van der Waals surface area contributed by atoms with Crippen LogP contribution in [0.5, 0.6) is 0 Å². The summed E-state index contributed by atoms with van der Waals surface area (Å²) in [7, 11) is 0. The van der Waals surface area contributed by atoms with Gasteiger partial charge in [0.25, 0.3) is 0 Å². The zero-order valence-electron chi connectivity index (χ0n) is 16.7. The first-order valence-electron chi connectivity index (χ1n) is 9.47. The Morgan fingerprint density at radius 3 is 2.68 bits per heavy atom. The van der Waals surface area contributed by atoms with Gasteiger partial charge >= 0.3 is 0 Å². The average Bonchev–Trinajstić information content (AvgIpc) is 3.04. The molecule has 28 heavy (non-hydrogen) atoms. The van der Waals surface area contributed by atoms with E-state index in [1.165, 1.54) is 11.1 Å². The van der Waals surface area contributed by atoms with Crippen molar-refractivity contribution in [2.24, 2.45) is 0 Å². The van der Waals surface area contributed by atoms with Crippen LogP contribution in [-0.2, 0) is 4.79 Å². The minimum Gasteiger partial charge on any atom is -0.436 e. The lowest BCUT2D eigenvalue weighted by Gasteiger charge is -2.13. The Balaban J connectivity index is 1.83. The summed E-state index contributed by atoms with van der Waals surface area (Å²) in [5, 5.41) is 6.13. The fraction of sp³-hybridized carbons (Fsp3) is 0.318. The van der Waals surface area contributed by atoms with E-state index in [2.05, 4.69) is 29.5 Å². The number of unbranched alkanes of at least 4 members (excludes halogenated alkanes) is 1. The molecule has 3 rings (SSSR count). The van der Waals surface area contributed by atoms with Gasteiger partial charge in [-0.3, -0.25) is 4.79 Å². The molecule has 0 fully saturated rings. The number of rotatable bonds is 5. The number of benzene rings is 2.